The molecule has 3 aromatic rings. The molecule has 1 aromatic carbocycles. The SMILES string of the molecule is Cc1cc(CNCc2ccc(-c3ccc(O)c4c3C[C@H]3C[C@H]5[C@H](N(C)C)C(O)=C(C(N)=O)C(=O)[C@@]5(O)C(O)=C3C4=O)o2)no1. The second kappa shape index (κ2) is 10.5. The Balaban J connectivity index is 1.37. The number of nitrogens with one attached hydrogen (secondary N) is 1. The van der Waals surface area contributed by atoms with E-state index in [1.165, 1.54) is 11.0 Å². The summed E-state index contributed by atoms with van der Waals surface area (Å²) in [7, 11) is 3.17. The number of nitrogens with two attached hydrogens (primary N) is 1. The Hall–Kier alpha value is -4.72. The summed E-state index contributed by atoms with van der Waals surface area (Å²) in [6, 6.07) is 7.29. The van der Waals surface area contributed by atoms with Crippen molar-refractivity contribution in [1.29, 1.82) is 0 Å². The number of primary amides is 1. The van der Waals surface area contributed by atoms with Crippen molar-refractivity contribution in [2.75, 3.05) is 14.1 Å². The molecule has 3 aliphatic carbocycles. The van der Waals surface area contributed by atoms with Gasteiger partial charge in [-0.25, -0.2) is 0 Å². The smallest absolute Gasteiger partial charge is 0.255 e. The number of hydrogen-bond acceptors (Lipinski definition) is 12. The molecule has 1 amide bonds. The summed E-state index contributed by atoms with van der Waals surface area (Å²) in [4.78, 5) is 41.1. The number of allylic oxidation sites excluding steroid dienone is 1. The van der Waals surface area contributed by atoms with Crippen molar-refractivity contribution in [3.8, 4) is 17.1 Å². The maximum absolute atomic E-state index is 13.9. The topological polar surface area (TPSA) is 213 Å². The number of rotatable bonds is 7. The highest BCUT2D eigenvalue weighted by molar-refractivity contribution is 6.24. The summed E-state index contributed by atoms with van der Waals surface area (Å²) in [5, 5.41) is 52.1. The molecule has 0 saturated heterocycles. The average molecular weight is 605 g/mol. The van der Waals surface area contributed by atoms with Crippen LogP contribution in [0.4, 0.5) is 0 Å². The van der Waals surface area contributed by atoms with Gasteiger partial charge in [-0.1, -0.05) is 5.16 Å². The lowest BCUT2D eigenvalue weighted by Crippen LogP contribution is -2.63. The Kier molecular flexibility index (Phi) is 6.99. The number of phenols is 1. The van der Waals surface area contributed by atoms with Gasteiger partial charge in [0, 0.05) is 29.7 Å². The van der Waals surface area contributed by atoms with Gasteiger partial charge in [0.05, 0.1) is 23.8 Å². The minimum Gasteiger partial charge on any atom is -0.510 e. The Morgan fingerprint density at radius 3 is 2.57 bits per heavy atom. The lowest BCUT2D eigenvalue weighted by Gasteiger charge is -2.50. The number of aromatic hydroxyl groups is 1. The number of amides is 1. The van der Waals surface area contributed by atoms with Crippen LogP contribution >= 0.6 is 0 Å². The van der Waals surface area contributed by atoms with Crippen LogP contribution < -0.4 is 11.1 Å². The molecule has 0 radical (unpaired) electrons. The van der Waals surface area contributed by atoms with Crippen LogP contribution in [-0.4, -0.2) is 73.7 Å². The molecule has 3 aliphatic rings. The summed E-state index contributed by atoms with van der Waals surface area (Å²) in [5.41, 5.74) is 3.34. The van der Waals surface area contributed by atoms with E-state index < -0.39 is 58.0 Å². The van der Waals surface area contributed by atoms with Crippen molar-refractivity contribution < 1.29 is 43.7 Å². The lowest BCUT2D eigenvalue weighted by molar-refractivity contribution is -0.148. The Morgan fingerprint density at radius 2 is 1.91 bits per heavy atom. The third kappa shape index (κ3) is 4.34. The fourth-order valence-corrected chi connectivity index (χ4v) is 6.91. The quantitative estimate of drug-likeness (QED) is 0.214. The van der Waals surface area contributed by atoms with Crippen molar-refractivity contribution in [3.63, 3.8) is 0 Å². The molecule has 13 nitrogen and oxygen atoms in total. The van der Waals surface area contributed by atoms with E-state index >= 15 is 0 Å². The number of aryl methyl sites for hydroxylation is 1. The van der Waals surface area contributed by atoms with Gasteiger partial charge < -0.3 is 40.4 Å². The van der Waals surface area contributed by atoms with Crippen LogP contribution in [0.2, 0.25) is 0 Å². The van der Waals surface area contributed by atoms with E-state index in [-0.39, 0.29) is 29.7 Å². The molecule has 0 spiro atoms. The number of aliphatic hydroxyl groups is 3. The highest BCUT2D eigenvalue weighted by atomic mass is 16.5. The van der Waals surface area contributed by atoms with Gasteiger partial charge in [0.25, 0.3) is 5.91 Å². The Labute approximate surface area is 251 Å². The lowest BCUT2D eigenvalue weighted by atomic mass is 9.58. The van der Waals surface area contributed by atoms with Gasteiger partial charge in [-0.2, -0.15) is 0 Å². The predicted molar refractivity (Wildman–Crippen MR) is 153 cm³/mol. The number of benzene rings is 1. The number of fused-ring (bicyclic) bond motifs is 3. The monoisotopic (exact) mass is 604 g/mol. The highest BCUT2D eigenvalue weighted by Crippen LogP contribution is 2.53. The summed E-state index contributed by atoms with van der Waals surface area (Å²) in [6.07, 6.45) is 0.147. The van der Waals surface area contributed by atoms with Gasteiger partial charge in [0.15, 0.2) is 11.4 Å². The number of phenolic OH excluding ortho intramolecular Hbond substituents is 1. The van der Waals surface area contributed by atoms with Gasteiger partial charge in [-0.15, -0.1) is 0 Å². The average Bonchev–Trinajstić information content (AvgIpc) is 3.59. The Bertz CT molecular complexity index is 1780. The first kappa shape index (κ1) is 29.4. The predicted octanol–water partition coefficient (Wildman–Crippen LogP) is 1.97. The van der Waals surface area contributed by atoms with E-state index in [0.717, 1.165) is 5.69 Å². The normalized spacial score (nSPS) is 24.9. The molecular formula is C31H32N4O9. The molecule has 7 N–H and O–H groups in total. The first-order chi connectivity index (χ1) is 20.8. The number of aromatic nitrogens is 1. The molecule has 44 heavy (non-hydrogen) atoms. The maximum Gasteiger partial charge on any atom is 0.255 e. The van der Waals surface area contributed by atoms with Gasteiger partial charge in [-0.3, -0.25) is 19.3 Å². The van der Waals surface area contributed by atoms with E-state index in [9.17, 15) is 34.8 Å². The van der Waals surface area contributed by atoms with Gasteiger partial charge in [-0.05, 0) is 69.6 Å². The van der Waals surface area contributed by atoms with E-state index in [0.29, 0.717) is 41.5 Å². The zero-order valence-corrected chi connectivity index (χ0v) is 24.2. The minimum absolute atomic E-state index is 0.00426. The first-order valence-electron chi connectivity index (χ1n) is 14.1. The number of Topliss-reactive ketones (excluding diaryl/α,β-unsaturated/α-hetero) is 2. The summed E-state index contributed by atoms with van der Waals surface area (Å²) in [6.45, 7) is 2.66. The third-order valence-electron chi connectivity index (χ3n) is 8.82. The third-order valence-corrected chi connectivity index (χ3v) is 8.82. The Morgan fingerprint density at radius 1 is 1.16 bits per heavy atom. The number of aliphatic hydroxyl groups excluding tert-OH is 2. The second-order valence-electron chi connectivity index (χ2n) is 11.7. The summed E-state index contributed by atoms with van der Waals surface area (Å²) < 4.78 is 11.2. The molecule has 6 rings (SSSR count). The molecule has 0 unspecified atom stereocenters. The van der Waals surface area contributed by atoms with Crippen LogP contribution in [0.15, 0.2) is 61.9 Å². The molecule has 0 aliphatic heterocycles. The molecule has 230 valence electrons. The maximum atomic E-state index is 13.9. The fraction of sp³-hybridized carbons (Fsp3) is 0.355. The number of carbonyl (C=O) groups excluding carboxylic acids is 3. The largest absolute Gasteiger partial charge is 0.510 e. The van der Waals surface area contributed by atoms with Gasteiger partial charge in [0.2, 0.25) is 5.78 Å². The molecule has 0 saturated carbocycles. The number of likely N-dealkylation sites (N-methyl/N-ethyl adjacent to an activating group) is 1. The summed E-state index contributed by atoms with van der Waals surface area (Å²) in [5.74, 6) is -5.18. The second-order valence-corrected chi connectivity index (χ2v) is 11.7. The van der Waals surface area contributed by atoms with E-state index in [1.807, 2.05) is 13.0 Å². The highest BCUT2D eigenvalue weighted by Gasteiger charge is 2.63. The minimum atomic E-state index is -2.69. The standard InChI is InChI=1S/C31H32N4O9/c1-13-8-15(34-44-13)11-33-12-16-4-7-21(43-16)17-5-6-20(36)23-18(17)9-14-10-19-25(35(2)3)27(38)24(30(32)41)29(40)31(19,42)28(39)22(14)26(23)37/h4-8,14,19,25,33,36,38-39,42H,9-12H2,1-3H3,(H2,32,41)/t14-,19-,25-,31-/m0/s1. The molecule has 0 bridgehead atoms. The van der Waals surface area contributed by atoms with Crippen LogP contribution in [0.25, 0.3) is 11.3 Å². The number of hydrogen-bond donors (Lipinski definition) is 6. The molecule has 0 fully saturated rings. The van der Waals surface area contributed by atoms with Crippen molar-refractivity contribution in [3.05, 3.63) is 81.3 Å². The number of nitrogens with zero attached hydrogens (tertiary/aromatic N) is 2. The van der Waals surface area contributed by atoms with Crippen LogP contribution in [0.3, 0.4) is 0 Å². The number of furan rings is 1. The molecular weight excluding hydrogens is 572 g/mol. The zero-order valence-electron chi connectivity index (χ0n) is 24.2. The zero-order chi connectivity index (χ0) is 31.7. The fourth-order valence-electron chi connectivity index (χ4n) is 6.91. The van der Waals surface area contributed by atoms with Crippen LogP contribution in [0.1, 0.15) is 39.6 Å². The van der Waals surface area contributed by atoms with Crippen molar-refractivity contribution in [2.45, 2.75) is 44.5 Å². The van der Waals surface area contributed by atoms with Gasteiger partial charge >= 0.3 is 0 Å². The molecule has 4 atom stereocenters. The molecule has 2 aromatic heterocycles. The number of carbonyl (C=O) groups is 3. The van der Waals surface area contributed by atoms with Crippen molar-refractivity contribution in [1.82, 2.24) is 15.4 Å². The van der Waals surface area contributed by atoms with Crippen molar-refractivity contribution >= 4 is 17.5 Å². The molecule has 2 heterocycles. The van der Waals surface area contributed by atoms with E-state index in [4.69, 9.17) is 14.7 Å². The van der Waals surface area contributed by atoms with Crippen molar-refractivity contribution in [2.24, 2.45) is 17.6 Å². The van der Waals surface area contributed by atoms with Crippen LogP contribution in [-0.2, 0) is 29.1 Å². The van der Waals surface area contributed by atoms with E-state index in [2.05, 4.69) is 10.5 Å². The summed E-state index contributed by atoms with van der Waals surface area (Å²) >= 11 is 0. The van der Waals surface area contributed by atoms with Gasteiger partial charge in [0.1, 0.15) is 40.1 Å². The number of ketones is 2. The van der Waals surface area contributed by atoms with E-state index in [1.54, 1.807) is 32.3 Å². The van der Waals surface area contributed by atoms with Crippen LogP contribution in [0.5, 0.6) is 5.75 Å². The molecule has 13 heteroatoms. The van der Waals surface area contributed by atoms with Crippen LogP contribution in [0, 0.1) is 18.8 Å². The first-order valence-corrected chi connectivity index (χ1v) is 14.1.